The number of aryl methyl sites for hydroxylation is 1. The summed E-state index contributed by atoms with van der Waals surface area (Å²) in [5.74, 6) is 0.558. The number of hydrogen-bond donors (Lipinski definition) is 2. The molecule has 0 bridgehead atoms. The predicted molar refractivity (Wildman–Crippen MR) is 93.6 cm³/mol. The molecule has 3 nitrogen and oxygen atoms in total. The quantitative estimate of drug-likeness (QED) is 0.738. The van der Waals surface area contributed by atoms with Gasteiger partial charge in [0.1, 0.15) is 0 Å². The van der Waals surface area contributed by atoms with Crippen molar-refractivity contribution in [3.63, 3.8) is 0 Å². The second-order valence-electron chi connectivity index (χ2n) is 5.44. The first-order chi connectivity index (χ1) is 9.00. The van der Waals surface area contributed by atoms with Crippen molar-refractivity contribution in [3.05, 3.63) is 32.9 Å². The van der Waals surface area contributed by atoms with E-state index in [1.165, 1.54) is 0 Å². The smallest absolute Gasteiger partial charge is 0.252 e. The molecule has 1 aromatic rings. The van der Waals surface area contributed by atoms with Gasteiger partial charge in [-0.1, -0.05) is 19.1 Å². The lowest BCUT2D eigenvalue weighted by molar-refractivity contribution is 0.0896. The van der Waals surface area contributed by atoms with Crippen molar-refractivity contribution in [2.24, 2.45) is 5.92 Å². The van der Waals surface area contributed by atoms with E-state index in [1.54, 1.807) is 0 Å². The number of benzene rings is 1. The zero-order valence-corrected chi connectivity index (χ0v) is 15.0. The minimum atomic E-state index is 0. The van der Waals surface area contributed by atoms with Gasteiger partial charge < -0.3 is 10.6 Å². The minimum absolute atomic E-state index is 0. The van der Waals surface area contributed by atoms with Crippen molar-refractivity contribution in [2.75, 3.05) is 6.54 Å². The van der Waals surface area contributed by atoms with Crippen LogP contribution in [0, 0.1) is 16.4 Å². The highest BCUT2D eigenvalue weighted by atomic mass is 127. The molecule has 1 aliphatic heterocycles. The number of halogens is 2. The fourth-order valence-electron chi connectivity index (χ4n) is 2.66. The van der Waals surface area contributed by atoms with Crippen LogP contribution in [0.5, 0.6) is 0 Å². The Hall–Kier alpha value is -0.330. The van der Waals surface area contributed by atoms with Crippen LogP contribution in [0.2, 0.25) is 0 Å². The molecule has 0 radical (unpaired) electrons. The second-order valence-corrected chi connectivity index (χ2v) is 6.52. The molecule has 1 heterocycles. The van der Waals surface area contributed by atoms with Crippen molar-refractivity contribution in [3.8, 4) is 0 Å². The summed E-state index contributed by atoms with van der Waals surface area (Å²) in [6.07, 6.45) is 1.11. The third-order valence-corrected chi connectivity index (χ3v) is 5.38. The van der Waals surface area contributed by atoms with Gasteiger partial charge in [0.25, 0.3) is 5.91 Å². The average Bonchev–Trinajstić information content (AvgIpc) is 2.37. The Balaban J connectivity index is 0.00000200. The number of piperidine rings is 1. The van der Waals surface area contributed by atoms with Crippen molar-refractivity contribution in [2.45, 2.75) is 39.3 Å². The van der Waals surface area contributed by atoms with E-state index in [-0.39, 0.29) is 24.4 Å². The van der Waals surface area contributed by atoms with Crippen molar-refractivity contribution < 1.29 is 4.79 Å². The molecule has 0 saturated carbocycles. The Morgan fingerprint density at radius 3 is 2.75 bits per heavy atom. The van der Waals surface area contributed by atoms with Crippen LogP contribution in [0.15, 0.2) is 18.2 Å². The number of carbonyl (C=O) groups is 1. The molecule has 3 unspecified atom stereocenters. The molecule has 1 amide bonds. The Bertz CT molecular complexity index is 471. The van der Waals surface area contributed by atoms with E-state index >= 15 is 0 Å². The fraction of sp³-hybridized carbons (Fsp3) is 0.533. The summed E-state index contributed by atoms with van der Waals surface area (Å²) >= 11 is 2.25. The van der Waals surface area contributed by atoms with Gasteiger partial charge in [0.15, 0.2) is 0 Å². The van der Waals surface area contributed by atoms with Gasteiger partial charge in [-0.05, 0) is 67.0 Å². The Kier molecular flexibility index (Phi) is 6.75. The van der Waals surface area contributed by atoms with Gasteiger partial charge in [-0.2, -0.15) is 0 Å². The molecule has 0 spiro atoms. The molecule has 3 atom stereocenters. The lowest BCUT2D eigenvalue weighted by Crippen LogP contribution is -2.56. The van der Waals surface area contributed by atoms with Crippen LogP contribution in [-0.2, 0) is 0 Å². The first-order valence-corrected chi connectivity index (χ1v) is 7.88. The highest BCUT2D eigenvalue weighted by molar-refractivity contribution is 14.1. The molecule has 2 rings (SSSR count). The van der Waals surface area contributed by atoms with E-state index in [2.05, 4.69) is 47.1 Å². The Morgan fingerprint density at radius 1 is 1.40 bits per heavy atom. The minimum Gasteiger partial charge on any atom is -0.347 e. The van der Waals surface area contributed by atoms with E-state index in [1.807, 2.05) is 25.1 Å². The Morgan fingerprint density at radius 2 is 2.10 bits per heavy atom. The summed E-state index contributed by atoms with van der Waals surface area (Å²) in [5, 5.41) is 6.63. The normalized spacial score (nSPS) is 25.7. The third kappa shape index (κ3) is 3.86. The topological polar surface area (TPSA) is 41.1 Å². The molecular formula is C15H22ClIN2O. The Labute approximate surface area is 140 Å². The van der Waals surface area contributed by atoms with Crippen LogP contribution < -0.4 is 10.6 Å². The maximum Gasteiger partial charge on any atom is 0.252 e. The van der Waals surface area contributed by atoms with Gasteiger partial charge in [0.2, 0.25) is 0 Å². The van der Waals surface area contributed by atoms with E-state index in [4.69, 9.17) is 0 Å². The van der Waals surface area contributed by atoms with Gasteiger partial charge in [0.05, 0.1) is 5.56 Å². The third-order valence-electron chi connectivity index (χ3n) is 3.95. The summed E-state index contributed by atoms with van der Waals surface area (Å²) in [4.78, 5) is 12.4. The average molecular weight is 409 g/mol. The van der Waals surface area contributed by atoms with E-state index in [0.29, 0.717) is 12.0 Å². The molecule has 1 aromatic carbocycles. The van der Waals surface area contributed by atoms with Crippen LogP contribution in [0.1, 0.15) is 36.2 Å². The van der Waals surface area contributed by atoms with Crippen LogP contribution in [0.25, 0.3) is 0 Å². The highest BCUT2D eigenvalue weighted by Gasteiger charge is 2.29. The van der Waals surface area contributed by atoms with Crippen molar-refractivity contribution >= 4 is 40.9 Å². The molecule has 0 aromatic heterocycles. The lowest BCUT2D eigenvalue weighted by atomic mass is 9.89. The van der Waals surface area contributed by atoms with Gasteiger partial charge in [0, 0.05) is 15.7 Å². The molecule has 1 fully saturated rings. The standard InChI is InChI=1S/C15H21IN2O.ClH/c1-9-5-4-6-12(13(9)16)15(19)18-14-10(2)7-8-17-11(14)3;/h4-6,10-11,14,17H,7-8H2,1-3H3,(H,18,19);1H. The highest BCUT2D eigenvalue weighted by Crippen LogP contribution is 2.20. The van der Waals surface area contributed by atoms with E-state index < -0.39 is 0 Å². The second kappa shape index (κ2) is 7.61. The fourth-order valence-corrected chi connectivity index (χ4v) is 3.26. The predicted octanol–water partition coefficient (Wildman–Crippen LogP) is 3.14. The monoisotopic (exact) mass is 408 g/mol. The van der Waals surface area contributed by atoms with Crippen LogP contribution >= 0.6 is 35.0 Å². The molecular weight excluding hydrogens is 387 g/mol. The lowest BCUT2D eigenvalue weighted by Gasteiger charge is -2.36. The number of nitrogens with one attached hydrogen (secondary N) is 2. The maximum atomic E-state index is 12.4. The van der Waals surface area contributed by atoms with Gasteiger partial charge in [-0.25, -0.2) is 0 Å². The van der Waals surface area contributed by atoms with Gasteiger partial charge in [-0.3, -0.25) is 4.79 Å². The zero-order valence-electron chi connectivity index (χ0n) is 12.1. The maximum absolute atomic E-state index is 12.4. The van der Waals surface area contributed by atoms with Crippen molar-refractivity contribution in [1.82, 2.24) is 10.6 Å². The summed E-state index contributed by atoms with van der Waals surface area (Å²) in [6, 6.07) is 6.41. The largest absolute Gasteiger partial charge is 0.347 e. The summed E-state index contributed by atoms with van der Waals surface area (Å²) in [7, 11) is 0. The summed E-state index contributed by atoms with van der Waals surface area (Å²) < 4.78 is 1.04. The molecule has 20 heavy (non-hydrogen) atoms. The van der Waals surface area contributed by atoms with Gasteiger partial charge >= 0.3 is 0 Å². The van der Waals surface area contributed by atoms with E-state index in [9.17, 15) is 4.79 Å². The first-order valence-electron chi connectivity index (χ1n) is 6.80. The number of rotatable bonds is 2. The molecule has 2 N–H and O–H groups in total. The summed E-state index contributed by atoms with van der Waals surface area (Å²) in [6.45, 7) is 7.42. The first kappa shape index (κ1) is 17.7. The number of hydrogen-bond acceptors (Lipinski definition) is 2. The molecule has 0 aliphatic carbocycles. The molecule has 1 saturated heterocycles. The SMILES string of the molecule is Cc1cccc(C(=O)NC2C(C)CCNC2C)c1I.Cl. The van der Waals surface area contributed by atoms with E-state index in [0.717, 1.165) is 27.7 Å². The van der Waals surface area contributed by atoms with Crippen LogP contribution in [0.3, 0.4) is 0 Å². The van der Waals surface area contributed by atoms with Crippen molar-refractivity contribution in [1.29, 1.82) is 0 Å². The van der Waals surface area contributed by atoms with Crippen LogP contribution in [0.4, 0.5) is 0 Å². The molecule has 5 heteroatoms. The zero-order chi connectivity index (χ0) is 14.0. The number of carbonyl (C=O) groups excluding carboxylic acids is 1. The van der Waals surface area contributed by atoms with Gasteiger partial charge in [-0.15, -0.1) is 12.4 Å². The van der Waals surface area contributed by atoms with Crippen LogP contribution in [-0.4, -0.2) is 24.5 Å². The number of amides is 1. The molecule has 1 aliphatic rings. The summed E-state index contributed by atoms with van der Waals surface area (Å²) in [5.41, 5.74) is 1.93. The molecule has 112 valence electrons.